The van der Waals surface area contributed by atoms with E-state index >= 15 is 0 Å². The maximum atomic E-state index is 9.58. The molecule has 1 atom stereocenters. The highest BCUT2D eigenvalue weighted by molar-refractivity contribution is 5.49. The van der Waals surface area contributed by atoms with Crippen molar-refractivity contribution in [3.63, 3.8) is 0 Å². The molecule has 1 fully saturated rings. The number of rotatable bonds is 7. The molecule has 0 spiro atoms. The van der Waals surface area contributed by atoms with Gasteiger partial charge in [-0.2, -0.15) is 0 Å². The van der Waals surface area contributed by atoms with Crippen molar-refractivity contribution >= 4 is 5.69 Å². The predicted molar refractivity (Wildman–Crippen MR) is 87.2 cm³/mol. The Morgan fingerprint density at radius 3 is 2.38 bits per heavy atom. The van der Waals surface area contributed by atoms with Crippen LogP contribution >= 0.6 is 0 Å². The summed E-state index contributed by atoms with van der Waals surface area (Å²) in [4.78, 5) is 4.93. The molecule has 2 rings (SSSR count). The Kier molecular flexibility index (Phi) is 6.33. The number of nitrogens with zero attached hydrogens (tertiary/aromatic N) is 2. The molecule has 1 aliphatic rings. The van der Waals surface area contributed by atoms with Crippen LogP contribution in [0.4, 0.5) is 5.69 Å². The second-order valence-electron chi connectivity index (χ2n) is 5.73. The summed E-state index contributed by atoms with van der Waals surface area (Å²) < 4.78 is 5.20. The van der Waals surface area contributed by atoms with Gasteiger partial charge in [0.1, 0.15) is 5.75 Å². The SMILES string of the molecule is CCC(O)CCCN1CCN(c2ccc(OC)cc2)CC1. The van der Waals surface area contributed by atoms with E-state index in [2.05, 4.69) is 21.9 Å². The van der Waals surface area contributed by atoms with Gasteiger partial charge in [-0.1, -0.05) is 6.92 Å². The van der Waals surface area contributed by atoms with Crippen LogP contribution in [0.5, 0.6) is 5.75 Å². The van der Waals surface area contributed by atoms with Crippen LogP contribution in [0.15, 0.2) is 24.3 Å². The first-order chi connectivity index (χ1) is 10.2. The summed E-state index contributed by atoms with van der Waals surface area (Å²) in [7, 11) is 1.70. The number of aliphatic hydroxyl groups excluding tert-OH is 1. The number of methoxy groups -OCH3 is 1. The zero-order valence-corrected chi connectivity index (χ0v) is 13.3. The molecule has 1 unspecified atom stereocenters. The third-order valence-corrected chi connectivity index (χ3v) is 4.29. The van der Waals surface area contributed by atoms with Crippen molar-refractivity contribution in [2.24, 2.45) is 0 Å². The van der Waals surface area contributed by atoms with E-state index in [-0.39, 0.29) is 6.10 Å². The molecule has 4 heteroatoms. The van der Waals surface area contributed by atoms with Gasteiger partial charge in [0.15, 0.2) is 0 Å². The molecule has 1 aromatic rings. The van der Waals surface area contributed by atoms with E-state index in [1.165, 1.54) is 5.69 Å². The number of hydrogen-bond acceptors (Lipinski definition) is 4. The van der Waals surface area contributed by atoms with Crippen LogP contribution in [0.2, 0.25) is 0 Å². The number of hydrogen-bond donors (Lipinski definition) is 1. The van der Waals surface area contributed by atoms with Crippen molar-refractivity contribution in [1.82, 2.24) is 4.90 Å². The monoisotopic (exact) mass is 292 g/mol. The van der Waals surface area contributed by atoms with E-state index in [9.17, 15) is 5.11 Å². The highest BCUT2D eigenvalue weighted by Crippen LogP contribution is 2.20. The van der Waals surface area contributed by atoms with E-state index < -0.39 is 0 Å². The Morgan fingerprint density at radius 2 is 1.81 bits per heavy atom. The van der Waals surface area contributed by atoms with Gasteiger partial charge >= 0.3 is 0 Å². The minimum atomic E-state index is -0.120. The van der Waals surface area contributed by atoms with Gasteiger partial charge in [0, 0.05) is 31.9 Å². The molecule has 1 aromatic carbocycles. The standard InChI is InChI=1S/C17H28N2O2/c1-3-16(20)5-4-10-18-11-13-19(14-12-18)15-6-8-17(21-2)9-7-15/h6-9,16,20H,3-5,10-14H2,1-2H3. The van der Waals surface area contributed by atoms with E-state index in [1.54, 1.807) is 7.11 Å². The molecular formula is C17H28N2O2. The Bertz CT molecular complexity index is 400. The first kappa shape index (κ1) is 16.1. The molecule has 1 N–H and O–H groups in total. The van der Waals surface area contributed by atoms with Crippen LogP contribution in [0, 0.1) is 0 Å². The van der Waals surface area contributed by atoms with E-state index in [0.29, 0.717) is 0 Å². The van der Waals surface area contributed by atoms with Crippen LogP contribution in [0.3, 0.4) is 0 Å². The van der Waals surface area contributed by atoms with Gasteiger partial charge in [-0.3, -0.25) is 4.90 Å². The second kappa shape index (κ2) is 8.25. The Hall–Kier alpha value is -1.26. The van der Waals surface area contributed by atoms with Crippen molar-refractivity contribution in [3.05, 3.63) is 24.3 Å². The molecule has 0 radical (unpaired) electrons. The lowest BCUT2D eigenvalue weighted by atomic mass is 10.1. The average molecular weight is 292 g/mol. The quantitative estimate of drug-likeness (QED) is 0.837. The topological polar surface area (TPSA) is 35.9 Å². The van der Waals surface area contributed by atoms with Crippen LogP contribution in [-0.4, -0.2) is 55.9 Å². The van der Waals surface area contributed by atoms with E-state index in [1.807, 2.05) is 19.1 Å². The van der Waals surface area contributed by atoms with Gasteiger partial charge in [-0.15, -0.1) is 0 Å². The summed E-state index contributed by atoms with van der Waals surface area (Å²) in [6, 6.07) is 8.31. The molecule has 0 aliphatic carbocycles. The van der Waals surface area contributed by atoms with Gasteiger partial charge in [0.25, 0.3) is 0 Å². The highest BCUT2D eigenvalue weighted by Gasteiger charge is 2.17. The summed E-state index contributed by atoms with van der Waals surface area (Å²) in [5, 5.41) is 9.58. The Balaban J connectivity index is 1.72. The molecular weight excluding hydrogens is 264 g/mol. The minimum absolute atomic E-state index is 0.120. The Labute approximate surface area is 128 Å². The zero-order chi connectivity index (χ0) is 15.1. The van der Waals surface area contributed by atoms with Crippen molar-refractivity contribution in [3.8, 4) is 5.75 Å². The second-order valence-corrected chi connectivity index (χ2v) is 5.73. The third-order valence-electron chi connectivity index (χ3n) is 4.29. The summed E-state index contributed by atoms with van der Waals surface area (Å²) >= 11 is 0. The lowest BCUT2D eigenvalue weighted by Gasteiger charge is -2.36. The smallest absolute Gasteiger partial charge is 0.119 e. The largest absolute Gasteiger partial charge is 0.497 e. The zero-order valence-electron chi connectivity index (χ0n) is 13.3. The van der Waals surface area contributed by atoms with Crippen molar-refractivity contribution in [2.75, 3.05) is 44.7 Å². The number of piperazine rings is 1. The van der Waals surface area contributed by atoms with Gasteiger partial charge in [0.05, 0.1) is 13.2 Å². The molecule has 118 valence electrons. The summed E-state index contributed by atoms with van der Waals surface area (Å²) in [5.74, 6) is 0.909. The highest BCUT2D eigenvalue weighted by atomic mass is 16.5. The normalized spacial score (nSPS) is 17.8. The van der Waals surface area contributed by atoms with Crippen LogP contribution < -0.4 is 9.64 Å². The average Bonchev–Trinajstić information content (AvgIpc) is 2.55. The molecule has 0 aromatic heterocycles. The van der Waals surface area contributed by atoms with Crippen LogP contribution in [0.25, 0.3) is 0 Å². The first-order valence-corrected chi connectivity index (χ1v) is 8.02. The molecule has 1 heterocycles. The summed E-state index contributed by atoms with van der Waals surface area (Å²) in [6.07, 6.45) is 2.77. The lowest BCUT2D eigenvalue weighted by molar-refractivity contribution is 0.148. The van der Waals surface area contributed by atoms with Crippen molar-refractivity contribution in [2.45, 2.75) is 32.3 Å². The number of benzene rings is 1. The van der Waals surface area contributed by atoms with Gasteiger partial charge in [-0.25, -0.2) is 0 Å². The maximum Gasteiger partial charge on any atom is 0.119 e. The number of ether oxygens (including phenoxy) is 1. The molecule has 1 saturated heterocycles. The predicted octanol–water partition coefficient (Wildman–Crippen LogP) is 2.37. The molecule has 1 aliphatic heterocycles. The van der Waals surface area contributed by atoms with Gasteiger partial charge in [-0.05, 0) is 50.1 Å². The molecule has 4 nitrogen and oxygen atoms in total. The van der Waals surface area contributed by atoms with E-state index in [0.717, 1.165) is 57.7 Å². The van der Waals surface area contributed by atoms with Crippen molar-refractivity contribution < 1.29 is 9.84 Å². The molecule has 0 saturated carbocycles. The van der Waals surface area contributed by atoms with Crippen LogP contribution in [-0.2, 0) is 0 Å². The third kappa shape index (κ3) is 4.90. The summed E-state index contributed by atoms with van der Waals surface area (Å²) in [5.41, 5.74) is 1.27. The Morgan fingerprint density at radius 1 is 1.14 bits per heavy atom. The van der Waals surface area contributed by atoms with E-state index in [4.69, 9.17) is 4.74 Å². The fourth-order valence-electron chi connectivity index (χ4n) is 2.78. The molecule has 0 bridgehead atoms. The van der Waals surface area contributed by atoms with Gasteiger partial charge in [0.2, 0.25) is 0 Å². The molecule has 0 amide bonds. The lowest BCUT2D eigenvalue weighted by Crippen LogP contribution is -2.46. The fraction of sp³-hybridized carbons (Fsp3) is 0.647. The van der Waals surface area contributed by atoms with Crippen molar-refractivity contribution in [1.29, 1.82) is 0 Å². The maximum absolute atomic E-state index is 9.58. The fourth-order valence-corrected chi connectivity index (χ4v) is 2.78. The summed E-state index contributed by atoms with van der Waals surface area (Å²) in [6.45, 7) is 7.50. The first-order valence-electron chi connectivity index (χ1n) is 8.02. The van der Waals surface area contributed by atoms with Crippen LogP contribution in [0.1, 0.15) is 26.2 Å². The van der Waals surface area contributed by atoms with Gasteiger partial charge < -0.3 is 14.7 Å². The number of aliphatic hydroxyl groups is 1. The molecule has 21 heavy (non-hydrogen) atoms. The number of anilines is 1. The minimum Gasteiger partial charge on any atom is -0.497 e.